The van der Waals surface area contributed by atoms with E-state index in [4.69, 9.17) is 17.3 Å². The Balaban J connectivity index is 2.27. The highest BCUT2D eigenvalue weighted by Crippen LogP contribution is 2.27. The molecule has 2 rings (SSSR count). The van der Waals surface area contributed by atoms with Gasteiger partial charge in [0.1, 0.15) is 0 Å². The van der Waals surface area contributed by atoms with Crippen LogP contribution < -0.4 is 11.1 Å². The molecule has 4 N–H and O–H groups in total. The molecule has 0 atom stereocenters. The highest BCUT2D eigenvalue weighted by Gasteiger charge is 2.14. The number of nitrogens with one attached hydrogen (secondary N) is 2. The van der Waals surface area contributed by atoms with Gasteiger partial charge in [-0.3, -0.25) is 9.89 Å². The number of rotatable bonds is 2. The SMILES string of the molecule is Cc1cc(C)c(NC(=O)c2nc(N)n[nH]2)c(Cl)c1. The molecule has 7 heteroatoms. The quantitative estimate of drug-likeness (QED) is 0.773. The number of nitrogens with two attached hydrogens (primary N) is 1. The van der Waals surface area contributed by atoms with Crippen LogP contribution in [0.15, 0.2) is 12.1 Å². The number of carbonyl (C=O) groups is 1. The number of H-pyrrole nitrogens is 1. The van der Waals surface area contributed by atoms with Gasteiger partial charge >= 0.3 is 0 Å². The summed E-state index contributed by atoms with van der Waals surface area (Å²) in [6.07, 6.45) is 0. The van der Waals surface area contributed by atoms with Gasteiger partial charge < -0.3 is 11.1 Å². The predicted octanol–water partition coefficient (Wildman–Crippen LogP) is 1.91. The standard InChI is InChI=1S/C11H12ClN5O/c1-5-3-6(2)8(7(12)4-5)14-10(18)9-15-11(13)17-16-9/h3-4H,1-2H3,(H,14,18)(H3,13,15,16,17). The van der Waals surface area contributed by atoms with E-state index in [1.807, 2.05) is 19.9 Å². The lowest BCUT2D eigenvalue weighted by Gasteiger charge is -2.10. The van der Waals surface area contributed by atoms with Gasteiger partial charge in [-0.05, 0) is 31.0 Å². The Kier molecular flexibility index (Phi) is 3.20. The molecule has 1 aromatic heterocycles. The van der Waals surface area contributed by atoms with Crippen molar-refractivity contribution in [3.8, 4) is 0 Å². The number of benzene rings is 1. The van der Waals surface area contributed by atoms with E-state index in [-0.39, 0.29) is 11.8 Å². The second kappa shape index (κ2) is 4.66. The minimum atomic E-state index is -0.437. The number of amides is 1. The smallest absolute Gasteiger partial charge is 0.293 e. The van der Waals surface area contributed by atoms with Crippen LogP contribution in [0.2, 0.25) is 5.02 Å². The van der Waals surface area contributed by atoms with Crippen molar-refractivity contribution in [2.24, 2.45) is 0 Å². The van der Waals surface area contributed by atoms with Crippen molar-refractivity contribution in [2.45, 2.75) is 13.8 Å². The molecule has 6 nitrogen and oxygen atoms in total. The van der Waals surface area contributed by atoms with E-state index in [1.165, 1.54) is 0 Å². The second-order valence-electron chi connectivity index (χ2n) is 3.93. The third-order valence-corrected chi connectivity index (χ3v) is 2.69. The summed E-state index contributed by atoms with van der Waals surface area (Å²) in [5, 5.41) is 9.18. The summed E-state index contributed by atoms with van der Waals surface area (Å²) in [6, 6.07) is 3.70. The molecular weight excluding hydrogens is 254 g/mol. The molecule has 0 saturated carbocycles. The molecule has 1 heterocycles. The van der Waals surface area contributed by atoms with Gasteiger partial charge in [-0.1, -0.05) is 17.7 Å². The number of anilines is 2. The summed E-state index contributed by atoms with van der Waals surface area (Å²) in [7, 11) is 0. The number of hydrogen-bond donors (Lipinski definition) is 3. The zero-order valence-corrected chi connectivity index (χ0v) is 10.7. The first-order chi connectivity index (χ1) is 8.47. The molecule has 1 aromatic carbocycles. The Morgan fingerprint density at radius 1 is 1.44 bits per heavy atom. The molecule has 2 aromatic rings. The Labute approximate surface area is 109 Å². The third-order valence-electron chi connectivity index (χ3n) is 2.39. The molecule has 0 aliphatic rings. The number of halogens is 1. The molecule has 0 spiro atoms. The summed E-state index contributed by atoms with van der Waals surface area (Å²) in [6.45, 7) is 3.80. The fraction of sp³-hybridized carbons (Fsp3) is 0.182. The van der Waals surface area contributed by atoms with Gasteiger partial charge in [-0.2, -0.15) is 4.98 Å². The van der Waals surface area contributed by atoms with Crippen molar-refractivity contribution in [3.05, 3.63) is 34.1 Å². The number of hydrogen-bond acceptors (Lipinski definition) is 4. The van der Waals surface area contributed by atoms with Gasteiger partial charge in [-0.15, -0.1) is 5.10 Å². The van der Waals surface area contributed by atoms with Gasteiger partial charge in [0.2, 0.25) is 11.8 Å². The van der Waals surface area contributed by atoms with Crippen LogP contribution in [0.3, 0.4) is 0 Å². The molecule has 0 aliphatic heterocycles. The van der Waals surface area contributed by atoms with Crippen LogP contribution >= 0.6 is 11.6 Å². The average Bonchev–Trinajstić information content (AvgIpc) is 2.70. The van der Waals surface area contributed by atoms with Crippen LogP contribution in [0.5, 0.6) is 0 Å². The lowest BCUT2D eigenvalue weighted by atomic mass is 10.1. The van der Waals surface area contributed by atoms with Crippen molar-refractivity contribution in [3.63, 3.8) is 0 Å². The summed E-state index contributed by atoms with van der Waals surface area (Å²) in [4.78, 5) is 15.6. The highest BCUT2D eigenvalue weighted by atomic mass is 35.5. The lowest BCUT2D eigenvalue weighted by Crippen LogP contribution is -2.15. The van der Waals surface area contributed by atoms with Crippen LogP contribution in [0.25, 0.3) is 0 Å². The molecule has 0 aliphatic carbocycles. The van der Waals surface area contributed by atoms with E-state index in [0.29, 0.717) is 10.7 Å². The zero-order valence-electron chi connectivity index (χ0n) is 9.91. The molecule has 94 valence electrons. The molecule has 0 unspecified atom stereocenters. The fourth-order valence-corrected chi connectivity index (χ4v) is 1.99. The minimum absolute atomic E-state index is 0.0203. The van der Waals surface area contributed by atoms with Gasteiger partial charge in [0.05, 0.1) is 10.7 Å². The topological polar surface area (TPSA) is 96.7 Å². The van der Waals surface area contributed by atoms with Gasteiger partial charge in [0.25, 0.3) is 5.91 Å². The van der Waals surface area contributed by atoms with Gasteiger partial charge in [-0.25, -0.2) is 0 Å². The Morgan fingerprint density at radius 2 is 2.17 bits per heavy atom. The van der Waals surface area contributed by atoms with Crippen molar-refractivity contribution in [1.82, 2.24) is 15.2 Å². The molecule has 18 heavy (non-hydrogen) atoms. The van der Waals surface area contributed by atoms with Crippen LogP contribution in [0.4, 0.5) is 11.6 Å². The van der Waals surface area contributed by atoms with E-state index < -0.39 is 5.91 Å². The van der Waals surface area contributed by atoms with E-state index in [0.717, 1.165) is 11.1 Å². The molecular formula is C11H12ClN5O. The number of nitrogen functional groups attached to an aromatic ring is 1. The number of nitrogens with zero attached hydrogens (tertiary/aromatic N) is 2. The first-order valence-corrected chi connectivity index (χ1v) is 5.61. The van der Waals surface area contributed by atoms with Crippen LogP contribution in [0.1, 0.15) is 21.7 Å². The van der Waals surface area contributed by atoms with E-state index in [2.05, 4.69) is 20.5 Å². The molecule has 0 saturated heterocycles. The lowest BCUT2D eigenvalue weighted by molar-refractivity contribution is 0.101. The summed E-state index contributed by atoms with van der Waals surface area (Å²) < 4.78 is 0. The van der Waals surface area contributed by atoms with Crippen LogP contribution in [0, 0.1) is 13.8 Å². The fourth-order valence-electron chi connectivity index (χ4n) is 1.62. The normalized spacial score (nSPS) is 10.4. The maximum absolute atomic E-state index is 11.9. The average molecular weight is 266 g/mol. The predicted molar refractivity (Wildman–Crippen MR) is 69.7 cm³/mol. The van der Waals surface area contributed by atoms with Crippen molar-refractivity contribution in [2.75, 3.05) is 11.1 Å². The highest BCUT2D eigenvalue weighted by molar-refractivity contribution is 6.34. The zero-order chi connectivity index (χ0) is 13.3. The monoisotopic (exact) mass is 265 g/mol. The van der Waals surface area contributed by atoms with Crippen molar-refractivity contribution < 1.29 is 4.79 Å². The Hall–Kier alpha value is -2.08. The van der Waals surface area contributed by atoms with Gasteiger partial charge in [0.15, 0.2) is 0 Å². The number of aromatic amines is 1. The first kappa shape index (κ1) is 12.4. The summed E-state index contributed by atoms with van der Waals surface area (Å²) >= 11 is 6.09. The Bertz CT molecular complexity index is 584. The summed E-state index contributed by atoms with van der Waals surface area (Å²) in [5.74, 6) is -0.372. The maximum atomic E-state index is 11.9. The molecule has 1 amide bonds. The third kappa shape index (κ3) is 2.43. The molecule has 0 radical (unpaired) electrons. The second-order valence-corrected chi connectivity index (χ2v) is 4.34. The van der Waals surface area contributed by atoms with Gasteiger partial charge in [0, 0.05) is 0 Å². The number of aromatic nitrogens is 3. The van der Waals surface area contributed by atoms with Crippen LogP contribution in [-0.4, -0.2) is 21.1 Å². The van der Waals surface area contributed by atoms with E-state index in [9.17, 15) is 4.79 Å². The number of carbonyl (C=O) groups excluding carboxylic acids is 1. The molecule has 0 bridgehead atoms. The molecule has 0 fully saturated rings. The van der Waals surface area contributed by atoms with Crippen molar-refractivity contribution in [1.29, 1.82) is 0 Å². The maximum Gasteiger partial charge on any atom is 0.293 e. The van der Waals surface area contributed by atoms with E-state index >= 15 is 0 Å². The minimum Gasteiger partial charge on any atom is -0.366 e. The Morgan fingerprint density at radius 3 is 2.72 bits per heavy atom. The van der Waals surface area contributed by atoms with Crippen molar-refractivity contribution >= 4 is 29.1 Å². The van der Waals surface area contributed by atoms with E-state index in [1.54, 1.807) is 6.07 Å². The van der Waals surface area contributed by atoms with Crippen LogP contribution in [-0.2, 0) is 0 Å². The summed E-state index contributed by atoms with van der Waals surface area (Å²) in [5.41, 5.74) is 7.79. The first-order valence-electron chi connectivity index (χ1n) is 5.23. The number of aryl methyl sites for hydroxylation is 2. The largest absolute Gasteiger partial charge is 0.366 e.